The van der Waals surface area contributed by atoms with Crippen molar-refractivity contribution in [2.75, 3.05) is 40.0 Å². The normalized spacial score (nSPS) is 17.1. The van der Waals surface area contributed by atoms with E-state index in [1.807, 2.05) is 0 Å². The van der Waals surface area contributed by atoms with E-state index in [2.05, 4.69) is 18.1 Å². The topological polar surface area (TPSA) is 193 Å². The molecule has 24 heavy (non-hydrogen) atoms. The summed E-state index contributed by atoms with van der Waals surface area (Å²) in [6.07, 6.45) is 0. The monoisotopic (exact) mass is 436 g/mol. The summed E-state index contributed by atoms with van der Waals surface area (Å²) in [6.45, 7) is -1.54. The van der Waals surface area contributed by atoms with E-state index in [0.717, 1.165) is 0 Å². The van der Waals surface area contributed by atoms with Crippen LogP contribution in [0.1, 0.15) is 0 Å². The molecule has 0 aliphatic heterocycles. The molecule has 0 aliphatic rings. The lowest BCUT2D eigenvalue weighted by molar-refractivity contribution is 0.0118. The van der Waals surface area contributed by atoms with Gasteiger partial charge in [-0.25, -0.2) is 0 Å². The molecular formula is C6H20N2O12P4. The number of nitrogens with zero attached hydrogens (tertiary/aromatic N) is 2. The van der Waals surface area contributed by atoms with Gasteiger partial charge in [0.1, 0.15) is 26.9 Å². The first-order valence-corrected chi connectivity index (χ1v) is 11.1. The Morgan fingerprint density at radius 3 is 0.917 bits per heavy atom. The fourth-order valence-corrected chi connectivity index (χ4v) is 2.37. The van der Waals surface area contributed by atoms with Gasteiger partial charge in [-0.1, -0.05) is 0 Å². The zero-order valence-electron chi connectivity index (χ0n) is 12.2. The average Bonchev–Trinajstić information content (AvgIpc) is 2.47. The lowest BCUT2D eigenvalue weighted by atomic mass is 10.5. The third-order valence-electron chi connectivity index (χ3n) is 2.21. The van der Waals surface area contributed by atoms with Crippen LogP contribution in [0.2, 0.25) is 0 Å². The highest BCUT2D eigenvalue weighted by molar-refractivity contribution is 7.32. The maximum atomic E-state index is 10.6. The van der Waals surface area contributed by atoms with E-state index < -0.39 is 59.9 Å². The highest BCUT2D eigenvalue weighted by atomic mass is 31.1. The minimum Gasteiger partial charge on any atom is -0.326 e. The SMILES string of the molecule is O=[PH](O)OCN(CCN(CO[PH](=O)O)CO[PH](=O)O)CO[PH](=O)O. The molecule has 0 spiro atoms. The molecule has 0 heterocycles. The van der Waals surface area contributed by atoms with Crippen LogP contribution in [0.25, 0.3) is 0 Å². The second-order valence-electron chi connectivity index (χ2n) is 3.95. The highest BCUT2D eigenvalue weighted by Crippen LogP contribution is 2.19. The van der Waals surface area contributed by atoms with Gasteiger partial charge in [0.2, 0.25) is 0 Å². The van der Waals surface area contributed by atoms with E-state index in [4.69, 9.17) is 19.6 Å². The van der Waals surface area contributed by atoms with Crippen molar-refractivity contribution in [2.45, 2.75) is 0 Å². The molecule has 146 valence electrons. The van der Waals surface area contributed by atoms with E-state index in [0.29, 0.717) is 0 Å². The molecule has 0 aromatic heterocycles. The molecule has 0 fully saturated rings. The van der Waals surface area contributed by atoms with Gasteiger partial charge in [0.05, 0.1) is 0 Å². The summed E-state index contributed by atoms with van der Waals surface area (Å²) in [4.78, 5) is 37.0. The summed E-state index contributed by atoms with van der Waals surface area (Å²) in [5.74, 6) is 0. The molecule has 0 radical (unpaired) electrons. The number of hydrogen-bond acceptors (Lipinski definition) is 10. The van der Waals surface area contributed by atoms with Gasteiger partial charge in [-0.15, -0.1) is 0 Å². The fraction of sp³-hybridized carbons (Fsp3) is 1.00. The van der Waals surface area contributed by atoms with Crippen molar-refractivity contribution in [2.24, 2.45) is 0 Å². The van der Waals surface area contributed by atoms with Crippen molar-refractivity contribution in [3.8, 4) is 0 Å². The summed E-state index contributed by atoms with van der Waals surface area (Å²) >= 11 is 0. The Morgan fingerprint density at radius 1 is 0.542 bits per heavy atom. The van der Waals surface area contributed by atoms with Crippen LogP contribution in [0.4, 0.5) is 0 Å². The van der Waals surface area contributed by atoms with Crippen LogP contribution in [0.15, 0.2) is 0 Å². The molecule has 0 bridgehead atoms. The molecule has 4 unspecified atom stereocenters. The Balaban J connectivity index is 4.53. The minimum absolute atomic E-state index is 0.0235. The predicted octanol–water partition coefficient (Wildman–Crippen LogP) is -0.985. The molecule has 0 saturated heterocycles. The van der Waals surface area contributed by atoms with Crippen LogP contribution in [-0.2, 0) is 36.4 Å². The average molecular weight is 436 g/mol. The van der Waals surface area contributed by atoms with Crippen LogP contribution in [0, 0.1) is 0 Å². The van der Waals surface area contributed by atoms with E-state index >= 15 is 0 Å². The molecule has 14 nitrogen and oxygen atoms in total. The number of hydrogen-bond donors (Lipinski definition) is 4. The molecule has 0 aromatic carbocycles. The Morgan fingerprint density at radius 2 is 0.750 bits per heavy atom. The first-order valence-electron chi connectivity index (χ1n) is 6.08. The Kier molecular flexibility index (Phi) is 15.0. The van der Waals surface area contributed by atoms with Crippen LogP contribution < -0.4 is 0 Å². The summed E-state index contributed by atoms with van der Waals surface area (Å²) in [5, 5.41) is 0. The van der Waals surface area contributed by atoms with Gasteiger partial charge < -0.3 is 19.6 Å². The van der Waals surface area contributed by atoms with E-state index in [1.54, 1.807) is 0 Å². The van der Waals surface area contributed by atoms with Crippen LogP contribution in [-0.4, -0.2) is 69.4 Å². The summed E-state index contributed by atoms with van der Waals surface area (Å²) in [6, 6.07) is 0. The van der Waals surface area contributed by atoms with E-state index in [9.17, 15) is 18.3 Å². The third kappa shape index (κ3) is 16.0. The van der Waals surface area contributed by atoms with Crippen molar-refractivity contribution >= 4 is 33.0 Å². The van der Waals surface area contributed by atoms with Gasteiger partial charge in [0, 0.05) is 13.1 Å². The first-order chi connectivity index (χ1) is 11.2. The van der Waals surface area contributed by atoms with Gasteiger partial charge in [0.25, 0.3) is 0 Å². The molecule has 18 heteroatoms. The molecule has 0 rings (SSSR count). The maximum absolute atomic E-state index is 10.6. The molecule has 0 aromatic rings. The van der Waals surface area contributed by atoms with Crippen molar-refractivity contribution < 1.29 is 55.9 Å². The van der Waals surface area contributed by atoms with E-state index in [-0.39, 0.29) is 13.1 Å². The van der Waals surface area contributed by atoms with Crippen LogP contribution in [0.5, 0.6) is 0 Å². The van der Waals surface area contributed by atoms with Gasteiger partial charge in [-0.3, -0.25) is 46.2 Å². The largest absolute Gasteiger partial charge is 0.326 e. The Bertz CT molecular complexity index is 375. The van der Waals surface area contributed by atoms with Gasteiger partial charge >= 0.3 is 33.0 Å². The van der Waals surface area contributed by atoms with Crippen molar-refractivity contribution in [1.82, 2.24) is 9.80 Å². The van der Waals surface area contributed by atoms with Gasteiger partial charge in [-0.05, 0) is 0 Å². The molecule has 4 N–H and O–H groups in total. The van der Waals surface area contributed by atoms with Crippen LogP contribution in [0.3, 0.4) is 0 Å². The van der Waals surface area contributed by atoms with Crippen molar-refractivity contribution in [3.63, 3.8) is 0 Å². The standard InChI is InChI=1S/C6H20N2O12P4/c9-21(10)17-3-7(4-18-22(11)12)1-2-8(5-19-23(13)14)6-20-24(15)16/h21-24H,1-6H2,(H,9,10)(H,11,12)(H,13,14)(H,15,16). The molecular weight excluding hydrogens is 416 g/mol. The third-order valence-corrected chi connectivity index (χ3v) is 3.72. The smallest absolute Gasteiger partial charge is 0.317 e. The highest BCUT2D eigenvalue weighted by Gasteiger charge is 2.13. The minimum atomic E-state index is -3.23. The zero-order valence-corrected chi connectivity index (χ0v) is 16.2. The number of rotatable bonds is 15. The van der Waals surface area contributed by atoms with Crippen molar-refractivity contribution in [1.29, 1.82) is 0 Å². The molecule has 4 atom stereocenters. The summed E-state index contributed by atoms with van der Waals surface area (Å²) < 4.78 is 60.2. The van der Waals surface area contributed by atoms with E-state index in [1.165, 1.54) is 9.80 Å². The second-order valence-corrected chi connectivity index (χ2v) is 7.23. The lowest BCUT2D eigenvalue weighted by Gasteiger charge is -2.25. The summed E-state index contributed by atoms with van der Waals surface area (Å²) in [7, 11) is -12.9. The Hall–Kier alpha value is 0.520. The molecule has 0 amide bonds. The maximum Gasteiger partial charge on any atom is 0.317 e. The Labute approximate surface area is 139 Å². The van der Waals surface area contributed by atoms with Crippen molar-refractivity contribution in [3.05, 3.63) is 0 Å². The lowest BCUT2D eigenvalue weighted by Crippen LogP contribution is -2.38. The summed E-state index contributed by atoms with van der Waals surface area (Å²) in [5.41, 5.74) is 0. The first kappa shape index (κ1) is 24.5. The quantitative estimate of drug-likeness (QED) is 0.181. The molecule has 0 aliphatic carbocycles. The van der Waals surface area contributed by atoms with Gasteiger partial charge in [-0.2, -0.15) is 0 Å². The fourth-order valence-electron chi connectivity index (χ4n) is 1.20. The molecule has 0 saturated carbocycles. The van der Waals surface area contributed by atoms with Crippen LogP contribution >= 0.6 is 33.0 Å². The second kappa shape index (κ2) is 14.7. The zero-order chi connectivity index (χ0) is 18.5. The predicted molar refractivity (Wildman–Crippen MR) is 82.1 cm³/mol. The van der Waals surface area contributed by atoms with Gasteiger partial charge in [0.15, 0.2) is 0 Å².